The number of carbonyl (C=O) groups is 1. The number of alkyl halides is 3. The summed E-state index contributed by atoms with van der Waals surface area (Å²) in [6.07, 6.45) is -4.02. The first-order valence-corrected chi connectivity index (χ1v) is 12.3. The normalized spacial score (nSPS) is 16.6. The molecule has 1 amide bonds. The van der Waals surface area contributed by atoms with Crippen molar-refractivity contribution in [2.24, 2.45) is 0 Å². The van der Waals surface area contributed by atoms with Crippen molar-refractivity contribution in [3.05, 3.63) is 95.1 Å². The zero-order valence-corrected chi connectivity index (χ0v) is 21.0. The molecule has 0 bridgehead atoms. The average Bonchev–Trinajstić information content (AvgIpc) is 3.32. The number of amides is 1. The average molecular weight is 524 g/mol. The molecule has 4 rings (SSSR count). The Morgan fingerprint density at radius 1 is 0.974 bits per heavy atom. The molecule has 3 aromatic rings. The van der Waals surface area contributed by atoms with E-state index >= 15 is 0 Å². The van der Waals surface area contributed by atoms with Crippen molar-refractivity contribution in [3.63, 3.8) is 0 Å². The van der Waals surface area contributed by atoms with Gasteiger partial charge in [0.05, 0.1) is 23.8 Å². The van der Waals surface area contributed by atoms with E-state index in [1.54, 1.807) is 12.1 Å². The predicted molar refractivity (Wildman–Crippen MR) is 136 cm³/mol. The van der Waals surface area contributed by atoms with E-state index in [1.165, 1.54) is 12.1 Å². The second-order valence-electron chi connectivity index (χ2n) is 9.40. The van der Waals surface area contributed by atoms with Gasteiger partial charge in [-0.15, -0.1) is 13.2 Å². The molecular formula is C29H28F3N3O3. The number of halogens is 3. The van der Waals surface area contributed by atoms with Gasteiger partial charge in [-0.25, -0.2) is 0 Å². The molecule has 38 heavy (non-hydrogen) atoms. The molecule has 1 heterocycles. The van der Waals surface area contributed by atoms with Gasteiger partial charge in [0.25, 0.3) is 5.91 Å². The number of hydrogen-bond acceptors (Lipinski definition) is 5. The van der Waals surface area contributed by atoms with Crippen LogP contribution in [0.25, 0.3) is 0 Å². The number of hydrogen-bond donors (Lipinski definition) is 1. The van der Waals surface area contributed by atoms with Crippen LogP contribution < -0.4 is 14.8 Å². The number of nitrogens with one attached hydrogen (secondary N) is 1. The van der Waals surface area contributed by atoms with Crippen molar-refractivity contribution >= 4 is 5.91 Å². The molecule has 0 radical (unpaired) electrons. The minimum atomic E-state index is -4.79. The van der Waals surface area contributed by atoms with Crippen LogP contribution in [-0.2, 0) is 0 Å². The fraction of sp³-hybridized carbons (Fsp3) is 0.310. The molecule has 1 aliphatic heterocycles. The Morgan fingerprint density at radius 2 is 1.55 bits per heavy atom. The highest BCUT2D eigenvalue weighted by molar-refractivity contribution is 5.94. The van der Waals surface area contributed by atoms with Crippen LogP contribution in [0.15, 0.2) is 72.8 Å². The molecule has 3 aromatic carbocycles. The molecule has 0 aromatic heterocycles. The van der Waals surface area contributed by atoms with E-state index in [-0.39, 0.29) is 35.4 Å². The maximum Gasteiger partial charge on any atom is 0.573 e. The molecule has 1 saturated heterocycles. The third kappa shape index (κ3) is 7.05. The summed E-state index contributed by atoms with van der Waals surface area (Å²) in [7, 11) is 0. The maximum absolute atomic E-state index is 12.8. The molecule has 1 aliphatic rings. The van der Waals surface area contributed by atoms with Gasteiger partial charge in [0.2, 0.25) is 0 Å². The van der Waals surface area contributed by atoms with E-state index in [0.717, 1.165) is 35.6 Å². The van der Waals surface area contributed by atoms with Gasteiger partial charge in [-0.3, -0.25) is 9.69 Å². The standard InChI is InChI=1S/C29H28F3N3O3/c1-19(2)37-25-11-7-22(8-12-25)27(21-5-3-20(17-33)4-6-21)35-16-15-24(18-35)34-28(36)23-9-13-26(14-10-23)38-29(30,31)32/h3-14,19,24,27H,15-16,18H2,1-2H3,(H,34,36). The van der Waals surface area contributed by atoms with Crippen molar-refractivity contribution in [1.29, 1.82) is 5.26 Å². The zero-order chi connectivity index (χ0) is 27.3. The molecule has 2 atom stereocenters. The summed E-state index contributed by atoms with van der Waals surface area (Å²) in [6.45, 7) is 5.24. The lowest BCUT2D eigenvalue weighted by atomic mass is 9.96. The first kappa shape index (κ1) is 27.0. The molecular weight excluding hydrogens is 495 g/mol. The summed E-state index contributed by atoms with van der Waals surface area (Å²) in [4.78, 5) is 15.0. The van der Waals surface area contributed by atoms with Gasteiger partial charge in [-0.2, -0.15) is 5.26 Å². The highest BCUT2D eigenvalue weighted by atomic mass is 19.4. The summed E-state index contributed by atoms with van der Waals surface area (Å²) in [5.74, 6) is 0.0391. The van der Waals surface area contributed by atoms with Gasteiger partial charge < -0.3 is 14.8 Å². The molecule has 9 heteroatoms. The van der Waals surface area contributed by atoms with Crippen LogP contribution in [0, 0.1) is 11.3 Å². The van der Waals surface area contributed by atoms with Crippen LogP contribution in [0.2, 0.25) is 0 Å². The number of rotatable bonds is 8. The van der Waals surface area contributed by atoms with E-state index in [2.05, 4.69) is 21.0 Å². The molecule has 1 N–H and O–H groups in total. The van der Waals surface area contributed by atoms with Crippen LogP contribution >= 0.6 is 0 Å². The van der Waals surface area contributed by atoms with Crippen molar-refractivity contribution < 1.29 is 27.4 Å². The third-order valence-corrected chi connectivity index (χ3v) is 6.19. The van der Waals surface area contributed by atoms with E-state index in [1.807, 2.05) is 50.2 Å². The second kappa shape index (κ2) is 11.6. The third-order valence-electron chi connectivity index (χ3n) is 6.19. The van der Waals surface area contributed by atoms with Gasteiger partial charge in [-0.1, -0.05) is 24.3 Å². The van der Waals surface area contributed by atoms with Crippen LogP contribution in [-0.4, -0.2) is 42.4 Å². The fourth-order valence-electron chi connectivity index (χ4n) is 4.57. The Morgan fingerprint density at radius 3 is 2.11 bits per heavy atom. The lowest BCUT2D eigenvalue weighted by Gasteiger charge is -2.29. The molecule has 0 aliphatic carbocycles. The first-order chi connectivity index (χ1) is 18.1. The summed E-state index contributed by atoms with van der Waals surface area (Å²) in [6, 6.07) is 22.2. The number of nitriles is 1. The molecule has 6 nitrogen and oxygen atoms in total. The van der Waals surface area contributed by atoms with E-state index in [0.29, 0.717) is 18.5 Å². The summed E-state index contributed by atoms with van der Waals surface area (Å²) in [5.41, 5.74) is 2.90. The minimum Gasteiger partial charge on any atom is -0.491 e. The Labute approximate surface area is 219 Å². The Hall–Kier alpha value is -4.03. The van der Waals surface area contributed by atoms with Gasteiger partial charge in [0, 0.05) is 24.7 Å². The topological polar surface area (TPSA) is 74.6 Å². The largest absolute Gasteiger partial charge is 0.573 e. The maximum atomic E-state index is 12.8. The fourth-order valence-corrected chi connectivity index (χ4v) is 4.57. The van der Waals surface area contributed by atoms with Crippen LogP contribution in [0.5, 0.6) is 11.5 Å². The second-order valence-corrected chi connectivity index (χ2v) is 9.40. The summed E-state index contributed by atoms with van der Waals surface area (Å²) >= 11 is 0. The highest BCUT2D eigenvalue weighted by Gasteiger charge is 2.32. The summed E-state index contributed by atoms with van der Waals surface area (Å²) in [5, 5.41) is 12.2. The van der Waals surface area contributed by atoms with E-state index in [9.17, 15) is 23.2 Å². The molecule has 0 saturated carbocycles. The van der Waals surface area contributed by atoms with Gasteiger partial charge in [-0.05, 0) is 79.9 Å². The predicted octanol–water partition coefficient (Wildman–Crippen LogP) is 5.84. The SMILES string of the molecule is CC(C)Oc1ccc(C(c2ccc(C#N)cc2)N2CCC(NC(=O)c3ccc(OC(F)(F)F)cc3)C2)cc1. The van der Waals surface area contributed by atoms with Gasteiger partial charge in [0.1, 0.15) is 11.5 Å². The van der Waals surface area contributed by atoms with Gasteiger partial charge in [0.15, 0.2) is 0 Å². The quantitative estimate of drug-likeness (QED) is 0.402. The lowest BCUT2D eigenvalue weighted by molar-refractivity contribution is -0.274. The van der Waals surface area contributed by atoms with Gasteiger partial charge >= 0.3 is 6.36 Å². The Bertz CT molecular complexity index is 1270. The molecule has 2 unspecified atom stereocenters. The number of nitrogens with zero attached hydrogens (tertiary/aromatic N) is 2. The number of carbonyl (C=O) groups excluding carboxylic acids is 1. The smallest absolute Gasteiger partial charge is 0.491 e. The lowest BCUT2D eigenvalue weighted by Crippen LogP contribution is -2.38. The van der Waals surface area contributed by atoms with E-state index in [4.69, 9.17) is 4.74 Å². The van der Waals surface area contributed by atoms with Crippen LogP contribution in [0.1, 0.15) is 53.4 Å². The molecule has 198 valence electrons. The van der Waals surface area contributed by atoms with Crippen molar-refractivity contribution in [2.45, 2.75) is 44.8 Å². The number of ether oxygens (including phenoxy) is 2. The Balaban J connectivity index is 1.48. The number of likely N-dealkylation sites (tertiary alicyclic amines) is 1. The van der Waals surface area contributed by atoms with Crippen molar-refractivity contribution in [3.8, 4) is 17.6 Å². The van der Waals surface area contributed by atoms with Crippen molar-refractivity contribution in [1.82, 2.24) is 10.2 Å². The minimum absolute atomic E-state index is 0.0616. The molecule has 0 spiro atoms. The van der Waals surface area contributed by atoms with Crippen molar-refractivity contribution in [2.75, 3.05) is 13.1 Å². The van der Waals surface area contributed by atoms with Crippen LogP contribution in [0.3, 0.4) is 0 Å². The monoisotopic (exact) mass is 523 g/mol. The zero-order valence-electron chi connectivity index (χ0n) is 21.0. The van der Waals surface area contributed by atoms with Crippen LogP contribution in [0.4, 0.5) is 13.2 Å². The Kier molecular flexibility index (Phi) is 8.23. The first-order valence-electron chi connectivity index (χ1n) is 12.3. The summed E-state index contributed by atoms with van der Waals surface area (Å²) < 4.78 is 46.9. The van der Waals surface area contributed by atoms with E-state index < -0.39 is 6.36 Å². The highest BCUT2D eigenvalue weighted by Crippen LogP contribution is 2.33. The number of benzene rings is 3. The molecule has 1 fully saturated rings.